The van der Waals surface area contributed by atoms with E-state index in [0.717, 1.165) is 11.6 Å². The van der Waals surface area contributed by atoms with Gasteiger partial charge in [0.25, 0.3) is 11.5 Å². The van der Waals surface area contributed by atoms with Crippen molar-refractivity contribution < 1.29 is 13.6 Å². The van der Waals surface area contributed by atoms with Gasteiger partial charge >= 0.3 is 0 Å². The number of fused-ring (bicyclic) bond motifs is 1. The first kappa shape index (κ1) is 21.3. The molecule has 0 fully saturated rings. The van der Waals surface area contributed by atoms with Crippen LogP contribution in [0.5, 0.6) is 0 Å². The van der Waals surface area contributed by atoms with Crippen LogP contribution in [0.25, 0.3) is 10.9 Å². The molecule has 0 radical (unpaired) electrons. The van der Waals surface area contributed by atoms with E-state index >= 15 is 0 Å². The van der Waals surface area contributed by atoms with Crippen molar-refractivity contribution in [1.29, 1.82) is 0 Å². The molecular formula is C20H21F2N5O3. The lowest BCUT2D eigenvalue weighted by Gasteiger charge is -2.17. The average molecular weight is 417 g/mol. The van der Waals surface area contributed by atoms with E-state index in [1.165, 1.54) is 42.1 Å². The van der Waals surface area contributed by atoms with Crippen molar-refractivity contribution in [2.75, 3.05) is 5.32 Å². The maximum atomic E-state index is 13.7. The van der Waals surface area contributed by atoms with Gasteiger partial charge in [0.05, 0.1) is 11.9 Å². The van der Waals surface area contributed by atoms with Gasteiger partial charge in [-0.1, -0.05) is 6.07 Å². The topological polar surface area (TPSA) is 98.9 Å². The van der Waals surface area contributed by atoms with Crippen LogP contribution >= 0.6 is 0 Å². The number of carbonyl (C=O) groups is 1. The van der Waals surface area contributed by atoms with E-state index in [4.69, 9.17) is 0 Å². The van der Waals surface area contributed by atoms with Crippen LogP contribution in [0.1, 0.15) is 38.1 Å². The molecule has 0 bridgehead atoms. The van der Waals surface area contributed by atoms with Crippen molar-refractivity contribution >= 4 is 22.6 Å². The van der Waals surface area contributed by atoms with E-state index in [9.17, 15) is 23.2 Å². The fourth-order valence-corrected chi connectivity index (χ4v) is 2.99. The molecule has 1 N–H and O–H groups in total. The molecule has 0 saturated heterocycles. The van der Waals surface area contributed by atoms with Gasteiger partial charge < -0.3 is 5.32 Å². The summed E-state index contributed by atoms with van der Waals surface area (Å²) in [6.45, 7) is 4.38. The SMILES string of the molecule is CC(C)n1nc(CC(=O)Nc2ccc(=O)n(C)n2)c(=O)c2ccc(C(C)(F)F)cc21. The summed E-state index contributed by atoms with van der Waals surface area (Å²) in [5.74, 6) is -3.45. The number of benzene rings is 1. The lowest BCUT2D eigenvalue weighted by molar-refractivity contribution is -0.115. The number of hydrogen-bond donors (Lipinski definition) is 1. The number of aryl methyl sites for hydroxylation is 1. The van der Waals surface area contributed by atoms with E-state index in [1.807, 2.05) is 0 Å². The third kappa shape index (κ3) is 4.27. The molecule has 0 spiro atoms. The predicted octanol–water partition coefficient (Wildman–Crippen LogP) is 2.36. The van der Waals surface area contributed by atoms with Crippen LogP contribution in [-0.2, 0) is 24.2 Å². The van der Waals surface area contributed by atoms with Crippen molar-refractivity contribution in [3.8, 4) is 0 Å². The second kappa shape index (κ2) is 7.77. The summed E-state index contributed by atoms with van der Waals surface area (Å²) in [5, 5.41) is 10.9. The number of hydrogen-bond acceptors (Lipinski definition) is 5. The standard InChI is InChI=1S/C20H21F2N5O3/c1-11(2)27-15-9-12(20(3,21)22)5-6-13(15)19(30)14(24-27)10-17(28)23-16-7-8-18(29)26(4)25-16/h5-9,11H,10H2,1-4H3,(H,23,25,28). The summed E-state index contributed by atoms with van der Waals surface area (Å²) >= 11 is 0. The van der Waals surface area contributed by atoms with Crippen LogP contribution in [0, 0.1) is 0 Å². The van der Waals surface area contributed by atoms with Crippen molar-refractivity contribution in [1.82, 2.24) is 19.6 Å². The average Bonchev–Trinajstić information content (AvgIpc) is 2.65. The second-order valence-electron chi connectivity index (χ2n) is 7.34. The van der Waals surface area contributed by atoms with Crippen LogP contribution in [0.15, 0.2) is 39.9 Å². The molecular weight excluding hydrogens is 396 g/mol. The minimum atomic E-state index is -3.06. The molecule has 158 valence electrons. The zero-order valence-corrected chi connectivity index (χ0v) is 16.9. The van der Waals surface area contributed by atoms with Crippen molar-refractivity contribution in [3.63, 3.8) is 0 Å². The van der Waals surface area contributed by atoms with Gasteiger partial charge in [-0.15, -0.1) is 0 Å². The minimum Gasteiger partial charge on any atom is -0.309 e. The lowest BCUT2D eigenvalue weighted by atomic mass is 10.1. The number of halogens is 2. The third-order valence-electron chi connectivity index (χ3n) is 4.53. The number of nitrogens with zero attached hydrogens (tertiary/aromatic N) is 4. The van der Waals surface area contributed by atoms with E-state index in [0.29, 0.717) is 0 Å². The van der Waals surface area contributed by atoms with E-state index in [2.05, 4.69) is 15.5 Å². The van der Waals surface area contributed by atoms with Gasteiger partial charge in [-0.05, 0) is 32.0 Å². The molecule has 1 amide bonds. The molecule has 3 rings (SSSR count). The Morgan fingerprint density at radius 2 is 1.87 bits per heavy atom. The number of nitrogens with one attached hydrogen (secondary N) is 1. The van der Waals surface area contributed by atoms with Crippen LogP contribution < -0.4 is 16.3 Å². The van der Waals surface area contributed by atoms with Crippen molar-refractivity contribution in [2.24, 2.45) is 7.05 Å². The molecule has 0 aliphatic carbocycles. The molecule has 0 aliphatic heterocycles. The Hall–Kier alpha value is -3.43. The summed E-state index contributed by atoms with van der Waals surface area (Å²) in [7, 11) is 1.44. The molecule has 0 saturated carbocycles. The first-order valence-corrected chi connectivity index (χ1v) is 9.25. The Kier molecular flexibility index (Phi) is 5.51. The van der Waals surface area contributed by atoms with Crippen LogP contribution in [0.2, 0.25) is 0 Å². The highest BCUT2D eigenvalue weighted by molar-refractivity contribution is 5.91. The molecule has 30 heavy (non-hydrogen) atoms. The van der Waals surface area contributed by atoms with Gasteiger partial charge in [-0.25, -0.2) is 13.5 Å². The van der Waals surface area contributed by atoms with E-state index < -0.39 is 17.3 Å². The number of amides is 1. The maximum absolute atomic E-state index is 13.7. The normalized spacial score (nSPS) is 11.8. The Bertz CT molecular complexity index is 1240. The molecule has 3 aromatic rings. The van der Waals surface area contributed by atoms with Crippen molar-refractivity contribution in [2.45, 2.75) is 39.2 Å². The summed E-state index contributed by atoms with van der Waals surface area (Å²) in [6.07, 6.45) is -0.336. The smallest absolute Gasteiger partial charge is 0.270 e. The number of aromatic nitrogens is 4. The summed E-state index contributed by atoms with van der Waals surface area (Å²) in [4.78, 5) is 36.6. The highest BCUT2D eigenvalue weighted by atomic mass is 19.3. The molecule has 1 aromatic carbocycles. The summed E-state index contributed by atoms with van der Waals surface area (Å²) in [6, 6.07) is 6.16. The Labute approximate surface area is 170 Å². The maximum Gasteiger partial charge on any atom is 0.270 e. The van der Waals surface area contributed by atoms with Gasteiger partial charge in [0.1, 0.15) is 5.69 Å². The van der Waals surface area contributed by atoms with Crippen LogP contribution in [0.3, 0.4) is 0 Å². The Morgan fingerprint density at radius 3 is 2.47 bits per heavy atom. The Balaban J connectivity index is 2.00. The van der Waals surface area contributed by atoms with Gasteiger partial charge in [0.2, 0.25) is 11.3 Å². The highest BCUT2D eigenvalue weighted by Gasteiger charge is 2.26. The Morgan fingerprint density at radius 1 is 1.17 bits per heavy atom. The third-order valence-corrected chi connectivity index (χ3v) is 4.53. The zero-order chi connectivity index (χ0) is 22.2. The zero-order valence-electron chi connectivity index (χ0n) is 16.9. The van der Waals surface area contributed by atoms with E-state index in [1.54, 1.807) is 13.8 Å². The largest absolute Gasteiger partial charge is 0.309 e. The van der Waals surface area contributed by atoms with Gasteiger partial charge in [-0.2, -0.15) is 10.2 Å². The molecule has 0 aliphatic rings. The first-order chi connectivity index (χ1) is 14.0. The molecule has 0 unspecified atom stereocenters. The molecule has 2 aromatic heterocycles. The quantitative estimate of drug-likeness (QED) is 0.687. The summed E-state index contributed by atoms with van der Waals surface area (Å²) < 4.78 is 30.0. The number of alkyl halides is 2. The van der Waals surface area contributed by atoms with Crippen LogP contribution in [0.4, 0.5) is 14.6 Å². The number of carbonyl (C=O) groups excluding carboxylic acids is 1. The van der Waals surface area contributed by atoms with Gasteiger partial charge in [-0.3, -0.25) is 19.1 Å². The fourth-order valence-electron chi connectivity index (χ4n) is 2.99. The van der Waals surface area contributed by atoms with Crippen molar-refractivity contribution in [3.05, 3.63) is 62.2 Å². The first-order valence-electron chi connectivity index (χ1n) is 9.25. The lowest BCUT2D eigenvalue weighted by Crippen LogP contribution is -2.27. The molecule has 8 nitrogen and oxygen atoms in total. The fraction of sp³-hybridized carbons (Fsp3) is 0.350. The van der Waals surface area contributed by atoms with Crippen LogP contribution in [-0.4, -0.2) is 25.5 Å². The van der Waals surface area contributed by atoms with E-state index in [-0.39, 0.29) is 46.0 Å². The molecule has 10 heteroatoms. The molecule has 2 heterocycles. The monoisotopic (exact) mass is 417 g/mol. The molecule has 0 atom stereocenters. The van der Waals surface area contributed by atoms with Gasteiger partial charge in [0, 0.05) is 37.0 Å². The minimum absolute atomic E-state index is 0.0190. The predicted molar refractivity (Wildman–Crippen MR) is 108 cm³/mol. The second-order valence-corrected chi connectivity index (χ2v) is 7.34. The highest BCUT2D eigenvalue weighted by Crippen LogP contribution is 2.29. The number of rotatable bonds is 5. The summed E-state index contributed by atoms with van der Waals surface area (Å²) in [5.41, 5.74) is -0.804. The number of anilines is 1. The van der Waals surface area contributed by atoms with Gasteiger partial charge in [0.15, 0.2) is 5.82 Å².